The maximum Gasteiger partial charge on any atom is 0.167 e. The van der Waals surface area contributed by atoms with Crippen molar-refractivity contribution in [1.29, 1.82) is 0 Å². The minimum absolute atomic E-state index is 0.436. The zero-order valence-corrected chi connectivity index (χ0v) is 10.8. The van der Waals surface area contributed by atoms with Crippen LogP contribution in [0.5, 0.6) is 5.75 Å². The predicted molar refractivity (Wildman–Crippen MR) is 74.2 cm³/mol. The highest BCUT2D eigenvalue weighted by Crippen LogP contribution is 2.35. The smallest absolute Gasteiger partial charge is 0.167 e. The van der Waals surface area contributed by atoms with Crippen LogP contribution in [0.15, 0.2) is 53.7 Å². The molecule has 1 heterocycles. The van der Waals surface area contributed by atoms with Crippen LogP contribution in [0.1, 0.15) is 17.2 Å². The Labute approximate surface area is 116 Å². The summed E-state index contributed by atoms with van der Waals surface area (Å²) in [6.45, 7) is 0. The summed E-state index contributed by atoms with van der Waals surface area (Å²) in [6, 6.07) is 15.2. The number of benzene rings is 2. The molecule has 96 valence electrons. The number of ether oxygens (including phenoxy) is 1. The van der Waals surface area contributed by atoms with Crippen LogP contribution in [0.4, 0.5) is 0 Å². The first kappa shape index (κ1) is 12.1. The van der Waals surface area contributed by atoms with E-state index in [4.69, 9.17) is 16.3 Å². The first-order valence-electron chi connectivity index (χ1n) is 5.99. The van der Waals surface area contributed by atoms with Crippen LogP contribution >= 0.6 is 11.6 Å². The Morgan fingerprint density at radius 1 is 1.11 bits per heavy atom. The van der Waals surface area contributed by atoms with Gasteiger partial charge in [-0.1, -0.05) is 53.2 Å². The van der Waals surface area contributed by atoms with Crippen LogP contribution < -0.4 is 4.74 Å². The number of hydrogen-bond acceptors (Lipinski definition) is 3. The van der Waals surface area contributed by atoms with Crippen LogP contribution in [-0.2, 0) is 6.42 Å². The molecule has 0 bridgehead atoms. The van der Waals surface area contributed by atoms with Crippen LogP contribution in [0.25, 0.3) is 0 Å². The van der Waals surface area contributed by atoms with E-state index in [1.807, 2.05) is 42.5 Å². The van der Waals surface area contributed by atoms with E-state index in [0.29, 0.717) is 17.2 Å². The Bertz CT molecular complexity index is 640. The van der Waals surface area contributed by atoms with Crippen molar-refractivity contribution >= 4 is 17.3 Å². The zero-order valence-electron chi connectivity index (χ0n) is 10.1. The van der Waals surface area contributed by atoms with Crippen molar-refractivity contribution in [3.05, 3.63) is 64.7 Å². The third kappa shape index (κ3) is 2.17. The van der Waals surface area contributed by atoms with Gasteiger partial charge in [0.25, 0.3) is 0 Å². The highest BCUT2D eigenvalue weighted by atomic mass is 35.5. The summed E-state index contributed by atoms with van der Waals surface area (Å²) in [5, 5.41) is 13.2. The normalized spacial score (nSPS) is 19.8. The molecule has 19 heavy (non-hydrogen) atoms. The fourth-order valence-electron chi connectivity index (χ4n) is 2.27. The fourth-order valence-corrected chi connectivity index (χ4v) is 2.50. The average molecular weight is 274 g/mol. The summed E-state index contributed by atoms with van der Waals surface area (Å²) >= 11 is 6.19. The number of oxime groups is 1. The lowest BCUT2D eigenvalue weighted by atomic mass is 9.95. The van der Waals surface area contributed by atoms with Gasteiger partial charge in [0.05, 0.1) is 0 Å². The summed E-state index contributed by atoms with van der Waals surface area (Å²) in [6.07, 6.45) is 0.122. The van der Waals surface area contributed by atoms with Gasteiger partial charge >= 0.3 is 0 Å². The van der Waals surface area contributed by atoms with Crippen molar-refractivity contribution in [3.8, 4) is 5.75 Å². The molecule has 2 aromatic carbocycles. The van der Waals surface area contributed by atoms with E-state index in [9.17, 15) is 5.21 Å². The first-order valence-corrected chi connectivity index (χ1v) is 6.37. The number of fused-ring (bicyclic) bond motifs is 1. The lowest BCUT2D eigenvalue weighted by Gasteiger charge is -2.27. The lowest BCUT2D eigenvalue weighted by Crippen LogP contribution is -2.26. The summed E-state index contributed by atoms with van der Waals surface area (Å²) in [5.74, 6) is 0.805. The van der Waals surface area contributed by atoms with Gasteiger partial charge in [-0.15, -0.1) is 0 Å². The molecule has 3 rings (SSSR count). The predicted octanol–water partition coefficient (Wildman–Crippen LogP) is 3.85. The Morgan fingerprint density at radius 2 is 1.84 bits per heavy atom. The minimum atomic E-state index is -0.436. The molecule has 2 aromatic rings. The Morgan fingerprint density at radius 3 is 2.63 bits per heavy atom. The summed E-state index contributed by atoms with van der Waals surface area (Å²) in [4.78, 5) is 0. The maximum absolute atomic E-state index is 9.20. The van der Waals surface area contributed by atoms with Crippen LogP contribution in [0.3, 0.4) is 0 Å². The Kier molecular flexibility index (Phi) is 3.13. The highest BCUT2D eigenvalue weighted by Gasteiger charge is 2.29. The third-order valence-electron chi connectivity index (χ3n) is 3.21. The molecular formula is C15H12ClNO2. The molecule has 0 amide bonds. The van der Waals surface area contributed by atoms with Gasteiger partial charge < -0.3 is 9.94 Å². The number of para-hydroxylation sites is 1. The lowest BCUT2D eigenvalue weighted by molar-refractivity contribution is 0.244. The molecule has 1 N–H and O–H groups in total. The minimum Gasteiger partial charge on any atom is -0.479 e. The molecular weight excluding hydrogens is 262 g/mol. The molecule has 1 aliphatic rings. The summed E-state index contributed by atoms with van der Waals surface area (Å²) in [5.41, 5.74) is 2.39. The molecule has 1 atom stereocenters. The van der Waals surface area contributed by atoms with Gasteiger partial charge in [-0.3, -0.25) is 0 Å². The maximum atomic E-state index is 9.20. The van der Waals surface area contributed by atoms with Gasteiger partial charge in [0.1, 0.15) is 11.5 Å². The molecule has 0 spiro atoms. The first-order chi connectivity index (χ1) is 9.29. The number of halogens is 1. The standard InChI is InChI=1S/C15H12ClNO2/c16-12-7-3-2-6-11(12)15-13(17-18)9-10-5-1-4-8-14(10)19-15/h1-8,15,18H,9H2. The molecule has 4 heteroatoms. The second-order valence-electron chi connectivity index (χ2n) is 4.40. The highest BCUT2D eigenvalue weighted by molar-refractivity contribution is 6.31. The van der Waals surface area contributed by atoms with E-state index < -0.39 is 6.10 Å². The molecule has 1 unspecified atom stereocenters. The number of rotatable bonds is 1. The molecule has 0 fully saturated rings. The van der Waals surface area contributed by atoms with E-state index in [1.54, 1.807) is 6.07 Å². The number of hydrogen-bond donors (Lipinski definition) is 1. The molecule has 0 saturated heterocycles. The van der Waals surface area contributed by atoms with Crippen LogP contribution in [-0.4, -0.2) is 10.9 Å². The van der Waals surface area contributed by atoms with E-state index in [2.05, 4.69) is 5.16 Å². The van der Waals surface area contributed by atoms with Gasteiger partial charge in [-0.05, 0) is 12.1 Å². The van der Waals surface area contributed by atoms with Gasteiger partial charge in [-0.2, -0.15) is 0 Å². The van der Waals surface area contributed by atoms with Gasteiger partial charge in [0, 0.05) is 22.6 Å². The van der Waals surface area contributed by atoms with Gasteiger partial charge in [-0.25, -0.2) is 0 Å². The molecule has 0 radical (unpaired) electrons. The molecule has 0 saturated carbocycles. The van der Waals surface area contributed by atoms with Crippen molar-refractivity contribution in [2.75, 3.05) is 0 Å². The summed E-state index contributed by atoms with van der Waals surface area (Å²) in [7, 11) is 0. The third-order valence-corrected chi connectivity index (χ3v) is 3.55. The summed E-state index contributed by atoms with van der Waals surface area (Å²) < 4.78 is 5.93. The van der Waals surface area contributed by atoms with Crippen molar-refractivity contribution in [3.63, 3.8) is 0 Å². The van der Waals surface area contributed by atoms with Crippen LogP contribution in [0.2, 0.25) is 5.02 Å². The van der Waals surface area contributed by atoms with E-state index in [1.165, 1.54) is 0 Å². The second-order valence-corrected chi connectivity index (χ2v) is 4.80. The van der Waals surface area contributed by atoms with Gasteiger partial charge in [0.2, 0.25) is 0 Å². The quantitative estimate of drug-likeness (QED) is 0.633. The molecule has 1 aliphatic heterocycles. The van der Waals surface area contributed by atoms with Crippen molar-refractivity contribution in [2.24, 2.45) is 5.16 Å². The Hall–Kier alpha value is -2.00. The molecule has 0 aromatic heterocycles. The second kappa shape index (κ2) is 4.94. The molecule has 3 nitrogen and oxygen atoms in total. The number of nitrogens with zero attached hydrogens (tertiary/aromatic N) is 1. The van der Waals surface area contributed by atoms with Crippen molar-refractivity contribution in [2.45, 2.75) is 12.5 Å². The monoisotopic (exact) mass is 273 g/mol. The van der Waals surface area contributed by atoms with Crippen molar-refractivity contribution < 1.29 is 9.94 Å². The fraction of sp³-hybridized carbons (Fsp3) is 0.133. The van der Waals surface area contributed by atoms with E-state index in [0.717, 1.165) is 16.9 Å². The largest absolute Gasteiger partial charge is 0.479 e. The van der Waals surface area contributed by atoms with E-state index in [-0.39, 0.29) is 0 Å². The Balaban J connectivity index is 2.05. The van der Waals surface area contributed by atoms with E-state index >= 15 is 0 Å². The van der Waals surface area contributed by atoms with Crippen molar-refractivity contribution in [1.82, 2.24) is 0 Å². The topological polar surface area (TPSA) is 41.8 Å². The SMILES string of the molecule is ON=C1Cc2ccccc2OC1c1ccccc1Cl. The molecule has 0 aliphatic carbocycles. The average Bonchev–Trinajstić information content (AvgIpc) is 2.46. The van der Waals surface area contributed by atoms with Gasteiger partial charge in [0.15, 0.2) is 6.10 Å². The zero-order chi connectivity index (χ0) is 13.2. The van der Waals surface area contributed by atoms with Crippen LogP contribution in [0, 0.1) is 0 Å².